The molecule has 1 aliphatic rings. The number of amidine groups is 1. The number of anilines is 1. The molecule has 2 rings (SSSR count). The van der Waals surface area contributed by atoms with Gasteiger partial charge in [0.05, 0.1) is 5.69 Å². The number of carbonyl (C=O) groups is 1. The minimum atomic E-state index is -0.916. The third-order valence-corrected chi connectivity index (χ3v) is 2.83. The number of likely N-dealkylation sites (N-methyl/N-ethyl adjacent to an activating group) is 1. The second-order valence-electron chi connectivity index (χ2n) is 3.43. The van der Waals surface area contributed by atoms with Gasteiger partial charge >= 0.3 is 6.03 Å². The van der Waals surface area contributed by atoms with Crippen LogP contribution in [-0.2, 0) is 0 Å². The molecule has 1 heterocycles. The van der Waals surface area contributed by atoms with Crippen LogP contribution in [0.1, 0.15) is 0 Å². The molecule has 2 amide bonds. The number of amides is 2. The van der Waals surface area contributed by atoms with Crippen LogP contribution in [-0.4, -0.2) is 28.8 Å². The summed E-state index contributed by atoms with van der Waals surface area (Å²) in [5.74, 6) is -1.96. The lowest BCUT2D eigenvalue weighted by molar-refractivity contribution is 0.238. The summed E-state index contributed by atoms with van der Waals surface area (Å²) in [4.78, 5) is 13.6. The molecule has 0 unspecified atom stereocenters. The summed E-state index contributed by atoms with van der Waals surface area (Å²) in [6.07, 6.45) is 0. The van der Waals surface area contributed by atoms with E-state index in [0.29, 0.717) is 6.07 Å². The van der Waals surface area contributed by atoms with Gasteiger partial charge in [-0.1, -0.05) is 12.2 Å². The van der Waals surface area contributed by atoms with Gasteiger partial charge in [0.1, 0.15) is 11.6 Å². The van der Waals surface area contributed by atoms with Crippen LogP contribution < -0.4 is 4.90 Å². The molecule has 0 bridgehead atoms. The van der Waals surface area contributed by atoms with Gasteiger partial charge in [0.15, 0.2) is 10.8 Å². The summed E-state index contributed by atoms with van der Waals surface area (Å²) in [5.41, 5.74) is -0.187. The fourth-order valence-corrected chi connectivity index (χ4v) is 1.64. The normalized spacial score (nSPS) is 16.1. The number of benzene rings is 1. The van der Waals surface area contributed by atoms with E-state index in [-0.39, 0.29) is 16.5 Å². The number of halogens is 2. The second-order valence-corrected chi connectivity index (χ2v) is 3.81. The number of thiocarbonyl (C=S) groups is 1. The summed E-state index contributed by atoms with van der Waals surface area (Å²) in [6, 6.07) is 2.13. The highest BCUT2D eigenvalue weighted by Crippen LogP contribution is 2.25. The number of hydrogen-bond acceptors (Lipinski definition) is 3. The Morgan fingerprint density at radius 3 is 2.47 bits per heavy atom. The average Bonchev–Trinajstić information content (AvgIpc) is 2.45. The van der Waals surface area contributed by atoms with Crippen LogP contribution in [0.2, 0.25) is 0 Å². The van der Waals surface area contributed by atoms with E-state index in [9.17, 15) is 13.6 Å². The molecule has 0 radical (unpaired) electrons. The van der Waals surface area contributed by atoms with Crippen molar-refractivity contribution in [3.8, 4) is 0 Å². The lowest BCUT2D eigenvalue weighted by Crippen LogP contribution is -2.31. The maximum atomic E-state index is 13.5. The van der Waals surface area contributed by atoms with E-state index in [1.165, 1.54) is 7.05 Å². The van der Waals surface area contributed by atoms with E-state index < -0.39 is 17.7 Å². The average molecular weight is 255 g/mol. The van der Waals surface area contributed by atoms with E-state index >= 15 is 0 Å². The zero-order valence-corrected chi connectivity index (χ0v) is 9.52. The minimum absolute atomic E-state index is 0.00118. The number of nitrogens with zero attached hydrogens (tertiary/aromatic N) is 2. The number of rotatable bonds is 1. The predicted octanol–water partition coefficient (Wildman–Crippen LogP) is 2.14. The van der Waals surface area contributed by atoms with Crippen molar-refractivity contribution in [3.63, 3.8) is 0 Å². The highest BCUT2D eigenvalue weighted by atomic mass is 32.1. The van der Waals surface area contributed by atoms with Gasteiger partial charge in [-0.15, -0.1) is 0 Å². The maximum Gasteiger partial charge on any atom is 0.335 e. The summed E-state index contributed by atoms with van der Waals surface area (Å²) >= 11 is 4.83. The molecule has 1 fully saturated rings. The third kappa shape index (κ3) is 1.68. The van der Waals surface area contributed by atoms with Crippen molar-refractivity contribution in [2.45, 2.75) is 0 Å². The van der Waals surface area contributed by atoms with Gasteiger partial charge in [-0.3, -0.25) is 10.3 Å². The van der Waals surface area contributed by atoms with Crippen LogP contribution in [0.25, 0.3) is 0 Å². The SMILES string of the molecule is CN1C(=O)N(c2ccc(F)cc2F)C(=N)C1=S. The molecular formula is C10H7F2N3OS. The Balaban J connectivity index is 2.51. The molecule has 1 aromatic rings. The Labute approximate surface area is 101 Å². The van der Waals surface area contributed by atoms with E-state index in [0.717, 1.165) is 21.9 Å². The number of nitrogens with one attached hydrogen (secondary N) is 1. The van der Waals surface area contributed by atoms with Gasteiger partial charge in [0, 0.05) is 13.1 Å². The molecule has 4 nitrogen and oxygen atoms in total. The van der Waals surface area contributed by atoms with E-state index in [1.54, 1.807) is 0 Å². The molecule has 1 N–H and O–H groups in total. The predicted molar refractivity (Wildman–Crippen MR) is 62.3 cm³/mol. The standard InChI is InChI=1S/C10H7F2N3OS/c1-14-9(17)8(13)15(10(14)16)7-3-2-5(11)4-6(7)12/h2-4,13H,1H3. The molecule has 88 valence electrons. The Kier molecular flexibility index (Phi) is 2.62. The highest BCUT2D eigenvalue weighted by Gasteiger charge is 2.38. The number of carbonyl (C=O) groups excluding carboxylic acids is 1. The fourth-order valence-electron chi connectivity index (χ4n) is 1.47. The van der Waals surface area contributed by atoms with Crippen molar-refractivity contribution >= 4 is 34.8 Å². The molecule has 1 aliphatic heterocycles. The summed E-state index contributed by atoms with van der Waals surface area (Å²) in [5, 5.41) is 7.62. The molecule has 0 aromatic heterocycles. The Hall–Kier alpha value is -1.89. The monoisotopic (exact) mass is 255 g/mol. The second kappa shape index (κ2) is 3.85. The van der Waals surface area contributed by atoms with E-state index in [4.69, 9.17) is 17.6 Å². The topological polar surface area (TPSA) is 47.4 Å². The van der Waals surface area contributed by atoms with Gasteiger partial charge in [-0.05, 0) is 12.1 Å². The molecule has 1 saturated heterocycles. The van der Waals surface area contributed by atoms with Crippen LogP contribution in [0.15, 0.2) is 18.2 Å². The summed E-state index contributed by atoms with van der Waals surface area (Å²) in [6.45, 7) is 0. The molecule has 0 atom stereocenters. The van der Waals surface area contributed by atoms with Crippen molar-refractivity contribution in [2.75, 3.05) is 11.9 Å². The molecule has 0 saturated carbocycles. The first-order chi connectivity index (χ1) is 7.93. The molecular weight excluding hydrogens is 248 g/mol. The fraction of sp³-hybridized carbons (Fsp3) is 0.100. The number of hydrogen-bond donors (Lipinski definition) is 1. The lowest BCUT2D eigenvalue weighted by Gasteiger charge is -2.15. The zero-order chi connectivity index (χ0) is 12.7. The lowest BCUT2D eigenvalue weighted by atomic mass is 10.2. The van der Waals surface area contributed by atoms with E-state index in [2.05, 4.69) is 0 Å². The van der Waals surface area contributed by atoms with Crippen molar-refractivity contribution < 1.29 is 13.6 Å². The first-order valence-corrected chi connectivity index (χ1v) is 5.00. The van der Waals surface area contributed by atoms with Crippen molar-refractivity contribution in [1.82, 2.24) is 4.90 Å². The summed E-state index contributed by atoms with van der Waals surface area (Å²) < 4.78 is 26.3. The maximum absolute atomic E-state index is 13.5. The summed E-state index contributed by atoms with van der Waals surface area (Å²) in [7, 11) is 1.39. The van der Waals surface area contributed by atoms with Crippen molar-refractivity contribution in [3.05, 3.63) is 29.8 Å². The first-order valence-electron chi connectivity index (χ1n) is 4.59. The van der Waals surface area contributed by atoms with Gasteiger partial charge in [-0.2, -0.15) is 0 Å². The van der Waals surface area contributed by atoms with Gasteiger partial charge in [0.25, 0.3) is 0 Å². The first kappa shape index (κ1) is 11.6. The Bertz CT molecular complexity index is 546. The number of urea groups is 1. The van der Waals surface area contributed by atoms with Crippen LogP contribution in [0, 0.1) is 17.0 Å². The highest BCUT2D eigenvalue weighted by molar-refractivity contribution is 7.82. The van der Waals surface area contributed by atoms with Crippen LogP contribution in [0.4, 0.5) is 19.3 Å². The van der Waals surface area contributed by atoms with Gasteiger partial charge in [0.2, 0.25) is 0 Å². The Morgan fingerprint density at radius 2 is 2.00 bits per heavy atom. The smallest absolute Gasteiger partial charge is 0.284 e. The molecule has 17 heavy (non-hydrogen) atoms. The van der Waals surface area contributed by atoms with Crippen LogP contribution in [0.3, 0.4) is 0 Å². The minimum Gasteiger partial charge on any atom is -0.284 e. The van der Waals surface area contributed by atoms with Crippen LogP contribution in [0.5, 0.6) is 0 Å². The van der Waals surface area contributed by atoms with E-state index in [1.807, 2.05) is 0 Å². The van der Waals surface area contributed by atoms with Crippen molar-refractivity contribution in [1.29, 1.82) is 5.41 Å². The van der Waals surface area contributed by atoms with Crippen LogP contribution >= 0.6 is 12.2 Å². The molecule has 1 aromatic carbocycles. The quantitative estimate of drug-likeness (QED) is 0.781. The van der Waals surface area contributed by atoms with Crippen molar-refractivity contribution in [2.24, 2.45) is 0 Å². The zero-order valence-electron chi connectivity index (χ0n) is 8.70. The van der Waals surface area contributed by atoms with Gasteiger partial charge < -0.3 is 0 Å². The van der Waals surface area contributed by atoms with Gasteiger partial charge in [-0.25, -0.2) is 18.5 Å². The largest absolute Gasteiger partial charge is 0.335 e. The molecule has 7 heteroatoms. The third-order valence-electron chi connectivity index (χ3n) is 2.36. The molecule has 0 aliphatic carbocycles. The molecule has 0 spiro atoms. The Morgan fingerprint density at radius 1 is 1.35 bits per heavy atom.